The van der Waals surface area contributed by atoms with Crippen molar-refractivity contribution in [1.29, 1.82) is 0 Å². The van der Waals surface area contributed by atoms with Gasteiger partial charge in [0.2, 0.25) is 0 Å². The largest absolute Gasteiger partial charge is 0.0654 e. The van der Waals surface area contributed by atoms with Crippen molar-refractivity contribution < 1.29 is 0 Å². The summed E-state index contributed by atoms with van der Waals surface area (Å²) >= 11 is 0. The van der Waals surface area contributed by atoms with Crippen LogP contribution in [-0.2, 0) is 0 Å². The van der Waals surface area contributed by atoms with Gasteiger partial charge < -0.3 is 0 Å². The standard InChI is InChI=1S/C11H21/c1-3-4-7-10(2)11-8-5-6-9-11/h10-11H,2-9H2,1H3. The van der Waals surface area contributed by atoms with E-state index >= 15 is 0 Å². The minimum atomic E-state index is 0.762. The van der Waals surface area contributed by atoms with Gasteiger partial charge in [-0.25, -0.2) is 0 Å². The maximum atomic E-state index is 4.26. The molecule has 1 saturated carbocycles. The van der Waals surface area contributed by atoms with E-state index in [-0.39, 0.29) is 0 Å². The van der Waals surface area contributed by atoms with Gasteiger partial charge >= 0.3 is 0 Å². The summed E-state index contributed by atoms with van der Waals surface area (Å²) in [7, 11) is 0. The Morgan fingerprint density at radius 1 is 1.36 bits per heavy atom. The summed E-state index contributed by atoms with van der Waals surface area (Å²) in [6.45, 7) is 6.52. The van der Waals surface area contributed by atoms with Gasteiger partial charge in [-0.1, -0.05) is 51.9 Å². The molecule has 0 amide bonds. The average Bonchev–Trinajstić information content (AvgIpc) is 2.52. The van der Waals surface area contributed by atoms with E-state index in [9.17, 15) is 0 Å². The summed E-state index contributed by atoms with van der Waals surface area (Å²) in [6.07, 6.45) is 9.91. The Bertz CT molecular complexity index is 90.2. The van der Waals surface area contributed by atoms with Crippen LogP contribution in [0.15, 0.2) is 0 Å². The lowest BCUT2D eigenvalue weighted by Gasteiger charge is -2.17. The number of hydrogen-bond acceptors (Lipinski definition) is 0. The van der Waals surface area contributed by atoms with Crippen molar-refractivity contribution >= 4 is 0 Å². The van der Waals surface area contributed by atoms with Crippen LogP contribution in [0, 0.1) is 18.8 Å². The lowest BCUT2D eigenvalue weighted by atomic mass is 9.88. The van der Waals surface area contributed by atoms with Gasteiger partial charge in [0.25, 0.3) is 0 Å². The molecule has 1 aliphatic carbocycles. The second-order valence-corrected chi connectivity index (χ2v) is 3.95. The van der Waals surface area contributed by atoms with E-state index in [1.807, 2.05) is 0 Å². The van der Waals surface area contributed by atoms with Crippen LogP contribution in [-0.4, -0.2) is 0 Å². The van der Waals surface area contributed by atoms with Gasteiger partial charge in [-0.15, -0.1) is 0 Å². The molecule has 1 atom stereocenters. The Morgan fingerprint density at radius 3 is 2.55 bits per heavy atom. The topological polar surface area (TPSA) is 0 Å². The Morgan fingerprint density at radius 2 is 2.00 bits per heavy atom. The van der Waals surface area contributed by atoms with Crippen LogP contribution in [0.25, 0.3) is 0 Å². The van der Waals surface area contributed by atoms with Gasteiger partial charge in [-0.3, -0.25) is 0 Å². The Balaban J connectivity index is 2.12. The molecule has 1 aliphatic rings. The summed E-state index contributed by atoms with van der Waals surface area (Å²) in [5, 5.41) is 0. The first-order valence-electron chi connectivity index (χ1n) is 5.17. The highest BCUT2D eigenvalue weighted by Gasteiger charge is 2.20. The quantitative estimate of drug-likeness (QED) is 0.576. The van der Waals surface area contributed by atoms with Crippen molar-refractivity contribution in [3.63, 3.8) is 0 Å². The molecule has 0 heteroatoms. The van der Waals surface area contributed by atoms with Gasteiger partial charge in [0.1, 0.15) is 0 Å². The fourth-order valence-electron chi connectivity index (χ4n) is 2.13. The molecule has 0 spiro atoms. The highest BCUT2D eigenvalue weighted by molar-refractivity contribution is 4.76. The molecule has 65 valence electrons. The first-order chi connectivity index (χ1) is 5.34. The first-order valence-corrected chi connectivity index (χ1v) is 5.17. The first kappa shape index (κ1) is 9.09. The van der Waals surface area contributed by atoms with Gasteiger partial charge in [0.15, 0.2) is 0 Å². The van der Waals surface area contributed by atoms with E-state index in [0.717, 1.165) is 11.8 Å². The fourth-order valence-corrected chi connectivity index (χ4v) is 2.13. The van der Waals surface area contributed by atoms with E-state index in [1.54, 1.807) is 0 Å². The minimum absolute atomic E-state index is 0.762. The molecule has 0 aliphatic heterocycles. The smallest absolute Gasteiger partial charge is 0.0386 e. The predicted molar refractivity (Wildman–Crippen MR) is 50.3 cm³/mol. The third-order valence-corrected chi connectivity index (χ3v) is 2.99. The minimum Gasteiger partial charge on any atom is -0.0654 e. The zero-order valence-electron chi connectivity index (χ0n) is 7.81. The van der Waals surface area contributed by atoms with Crippen molar-refractivity contribution in [2.45, 2.75) is 51.9 Å². The zero-order chi connectivity index (χ0) is 8.10. The van der Waals surface area contributed by atoms with Gasteiger partial charge in [-0.2, -0.15) is 0 Å². The van der Waals surface area contributed by atoms with E-state index in [4.69, 9.17) is 0 Å². The molecule has 0 aromatic carbocycles. The molecule has 1 unspecified atom stereocenters. The molecule has 0 nitrogen and oxygen atoms in total. The van der Waals surface area contributed by atoms with Gasteiger partial charge in [-0.05, 0) is 18.8 Å². The molecule has 1 radical (unpaired) electrons. The number of unbranched alkanes of at least 4 members (excludes halogenated alkanes) is 1. The average molecular weight is 153 g/mol. The monoisotopic (exact) mass is 153 g/mol. The second kappa shape index (κ2) is 4.79. The number of hydrogen-bond donors (Lipinski definition) is 0. The molecule has 0 saturated heterocycles. The molecule has 1 rings (SSSR count). The fraction of sp³-hybridized carbons (Fsp3) is 0.909. The Kier molecular flexibility index (Phi) is 3.96. The third kappa shape index (κ3) is 2.84. The van der Waals surface area contributed by atoms with Crippen LogP contribution in [0.1, 0.15) is 51.9 Å². The molecule has 0 aromatic rings. The molecule has 0 heterocycles. The van der Waals surface area contributed by atoms with Crippen LogP contribution >= 0.6 is 0 Å². The third-order valence-electron chi connectivity index (χ3n) is 2.99. The SMILES string of the molecule is [CH2]C(CCCC)C1CCCC1. The normalized spacial score (nSPS) is 22.4. The lowest BCUT2D eigenvalue weighted by molar-refractivity contribution is 0.371. The van der Waals surface area contributed by atoms with Crippen LogP contribution in [0.5, 0.6) is 0 Å². The molecule has 11 heavy (non-hydrogen) atoms. The summed E-state index contributed by atoms with van der Waals surface area (Å²) in [5.74, 6) is 1.74. The highest BCUT2D eigenvalue weighted by atomic mass is 14.3. The van der Waals surface area contributed by atoms with Crippen molar-refractivity contribution in [2.24, 2.45) is 11.8 Å². The summed E-state index contributed by atoms with van der Waals surface area (Å²) in [5.41, 5.74) is 0. The maximum absolute atomic E-state index is 4.26. The Labute approximate surface area is 71.4 Å². The summed E-state index contributed by atoms with van der Waals surface area (Å²) < 4.78 is 0. The predicted octanol–water partition coefficient (Wildman–Crippen LogP) is 3.82. The van der Waals surface area contributed by atoms with Gasteiger partial charge in [0, 0.05) is 0 Å². The molecule has 1 fully saturated rings. The van der Waals surface area contributed by atoms with Crippen molar-refractivity contribution in [2.75, 3.05) is 0 Å². The highest BCUT2D eigenvalue weighted by Crippen LogP contribution is 2.33. The maximum Gasteiger partial charge on any atom is -0.0386 e. The molecule has 0 N–H and O–H groups in total. The van der Waals surface area contributed by atoms with Crippen molar-refractivity contribution in [3.8, 4) is 0 Å². The van der Waals surface area contributed by atoms with Crippen molar-refractivity contribution in [1.82, 2.24) is 0 Å². The van der Waals surface area contributed by atoms with Crippen LogP contribution < -0.4 is 0 Å². The van der Waals surface area contributed by atoms with E-state index in [1.165, 1.54) is 44.9 Å². The van der Waals surface area contributed by atoms with Crippen LogP contribution in [0.4, 0.5) is 0 Å². The van der Waals surface area contributed by atoms with Crippen LogP contribution in [0.2, 0.25) is 0 Å². The zero-order valence-corrected chi connectivity index (χ0v) is 7.81. The molecular formula is C11H21. The summed E-state index contributed by atoms with van der Waals surface area (Å²) in [6, 6.07) is 0. The molecule has 0 bridgehead atoms. The van der Waals surface area contributed by atoms with Crippen LogP contribution in [0.3, 0.4) is 0 Å². The van der Waals surface area contributed by atoms with Gasteiger partial charge in [0.05, 0.1) is 0 Å². The van der Waals surface area contributed by atoms with E-state index in [2.05, 4.69) is 13.8 Å². The molecule has 0 aromatic heterocycles. The van der Waals surface area contributed by atoms with E-state index < -0.39 is 0 Å². The number of rotatable bonds is 4. The lowest BCUT2D eigenvalue weighted by Crippen LogP contribution is -2.07. The van der Waals surface area contributed by atoms with Crippen molar-refractivity contribution in [3.05, 3.63) is 6.92 Å². The Hall–Kier alpha value is 0. The second-order valence-electron chi connectivity index (χ2n) is 3.95. The molecular weight excluding hydrogens is 132 g/mol. The van der Waals surface area contributed by atoms with E-state index in [0.29, 0.717) is 0 Å². The summed E-state index contributed by atoms with van der Waals surface area (Å²) in [4.78, 5) is 0.